The zero-order valence-electron chi connectivity index (χ0n) is 7.44. The Balaban J connectivity index is 2.11. The Kier molecular flexibility index (Phi) is 2.74. The number of rotatable bonds is 3. The Labute approximate surface area is 86.4 Å². The lowest BCUT2D eigenvalue weighted by Crippen LogP contribution is -1.93. The predicted molar refractivity (Wildman–Crippen MR) is 53.0 cm³/mol. The van der Waals surface area contributed by atoms with Gasteiger partial charge in [0.1, 0.15) is 5.82 Å². The van der Waals surface area contributed by atoms with Gasteiger partial charge in [0.2, 0.25) is 0 Å². The summed E-state index contributed by atoms with van der Waals surface area (Å²) in [5.41, 5.74) is 0.963. The molecule has 0 fully saturated rings. The summed E-state index contributed by atoms with van der Waals surface area (Å²) < 4.78 is 0. The number of aromatic amines is 1. The minimum Gasteiger partial charge on any atom is -0.263 e. The molecule has 0 saturated heterocycles. The van der Waals surface area contributed by atoms with E-state index in [-0.39, 0.29) is 0 Å². The van der Waals surface area contributed by atoms with Gasteiger partial charge >= 0.3 is 0 Å². The number of nitrogens with zero attached hydrogens (tertiary/aromatic N) is 3. The fraction of sp³-hybridized carbons (Fsp3) is 0.222. The standard InChI is InChI=1S/C9H9ClN4/c10-6-9-12-8(13-14-9)5-7-3-1-2-4-11-7/h1-4H,5-6H2,(H,12,13,14). The Morgan fingerprint density at radius 1 is 1.36 bits per heavy atom. The van der Waals surface area contributed by atoms with Gasteiger partial charge in [0.25, 0.3) is 0 Å². The van der Waals surface area contributed by atoms with Crippen LogP contribution in [0, 0.1) is 0 Å². The third kappa shape index (κ3) is 2.09. The van der Waals surface area contributed by atoms with Crippen LogP contribution in [0.15, 0.2) is 24.4 Å². The molecule has 0 aromatic carbocycles. The van der Waals surface area contributed by atoms with Gasteiger partial charge in [0, 0.05) is 18.3 Å². The minimum absolute atomic E-state index is 0.332. The summed E-state index contributed by atoms with van der Waals surface area (Å²) in [6, 6.07) is 5.78. The van der Waals surface area contributed by atoms with Crippen molar-refractivity contribution in [1.82, 2.24) is 20.2 Å². The van der Waals surface area contributed by atoms with Crippen molar-refractivity contribution in [2.75, 3.05) is 0 Å². The van der Waals surface area contributed by atoms with Gasteiger partial charge in [-0.2, -0.15) is 5.10 Å². The first kappa shape index (κ1) is 9.15. The molecule has 0 unspecified atom stereocenters. The van der Waals surface area contributed by atoms with Crippen LogP contribution in [-0.4, -0.2) is 20.2 Å². The van der Waals surface area contributed by atoms with E-state index < -0.39 is 0 Å². The summed E-state index contributed by atoms with van der Waals surface area (Å²) in [6.45, 7) is 0. The van der Waals surface area contributed by atoms with Crippen molar-refractivity contribution >= 4 is 11.6 Å². The molecule has 72 valence electrons. The maximum absolute atomic E-state index is 5.58. The van der Waals surface area contributed by atoms with Crippen LogP contribution in [0.25, 0.3) is 0 Å². The largest absolute Gasteiger partial charge is 0.263 e. The molecule has 0 aliphatic heterocycles. The molecule has 0 atom stereocenters. The third-order valence-corrected chi connectivity index (χ3v) is 2.01. The lowest BCUT2D eigenvalue weighted by molar-refractivity contribution is 0.941. The third-order valence-electron chi connectivity index (χ3n) is 1.77. The van der Waals surface area contributed by atoms with Crippen LogP contribution >= 0.6 is 11.6 Å². The van der Waals surface area contributed by atoms with E-state index >= 15 is 0 Å². The zero-order chi connectivity index (χ0) is 9.80. The van der Waals surface area contributed by atoms with Crippen LogP contribution in [0.4, 0.5) is 0 Å². The van der Waals surface area contributed by atoms with Crippen LogP contribution < -0.4 is 0 Å². The maximum Gasteiger partial charge on any atom is 0.165 e. The van der Waals surface area contributed by atoms with Crippen LogP contribution in [0.2, 0.25) is 0 Å². The molecule has 5 heteroatoms. The highest BCUT2D eigenvalue weighted by Gasteiger charge is 2.02. The second kappa shape index (κ2) is 4.19. The maximum atomic E-state index is 5.58. The molecule has 0 aliphatic carbocycles. The van der Waals surface area contributed by atoms with Gasteiger partial charge in [-0.1, -0.05) is 6.07 Å². The van der Waals surface area contributed by atoms with Crippen molar-refractivity contribution in [2.45, 2.75) is 12.3 Å². The molecule has 14 heavy (non-hydrogen) atoms. The lowest BCUT2D eigenvalue weighted by atomic mass is 10.3. The number of pyridine rings is 1. The van der Waals surface area contributed by atoms with Crippen molar-refractivity contribution in [1.29, 1.82) is 0 Å². The predicted octanol–water partition coefficient (Wildman–Crippen LogP) is 1.53. The zero-order valence-corrected chi connectivity index (χ0v) is 8.20. The number of hydrogen-bond acceptors (Lipinski definition) is 3. The van der Waals surface area contributed by atoms with Crippen molar-refractivity contribution < 1.29 is 0 Å². The number of hydrogen-bond donors (Lipinski definition) is 1. The second-order valence-electron chi connectivity index (χ2n) is 2.83. The highest BCUT2D eigenvalue weighted by atomic mass is 35.5. The fourth-order valence-electron chi connectivity index (χ4n) is 1.15. The number of halogens is 1. The van der Waals surface area contributed by atoms with Crippen molar-refractivity contribution in [3.63, 3.8) is 0 Å². The summed E-state index contributed by atoms with van der Waals surface area (Å²) in [6.07, 6.45) is 2.42. The Bertz CT molecular complexity index is 398. The molecule has 2 rings (SSSR count). The first-order valence-corrected chi connectivity index (χ1v) is 4.78. The number of H-pyrrole nitrogens is 1. The first-order chi connectivity index (χ1) is 6.88. The minimum atomic E-state index is 0.332. The molecule has 0 amide bonds. The topological polar surface area (TPSA) is 54.5 Å². The van der Waals surface area contributed by atoms with E-state index in [1.165, 1.54) is 0 Å². The average molecular weight is 209 g/mol. The molecule has 0 aliphatic rings. The van der Waals surface area contributed by atoms with E-state index in [1.807, 2.05) is 18.2 Å². The monoisotopic (exact) mass is 208 g/mol. The van der Waals surface area contributed by atoms with Crippen LogP contribution in [-0.2, 0) is 12.3 Å². The van der Waals surface area contributed by atoms with Gasteiger partial charge in [-0.3, -0.25) is 10.1 Å². The number of aromatic nitrogens is 4. The smallest absolute Gasteiger partial charge is 0.165 e. The van der Waals surface area contributed by atoms with E-state index in [2.05, 4.69) is 20.2 Å². The summed E-state index contributed by atoms with van der Waals surface area (Å²) in [5, 5.41) is 6.75. The molecule has 2 aromatic rings. The fourth-order valence-corrected chi connectivity index (χ4v) is 1.27. The van der Waals surface area contributed by atoms with E-state index in [1.54, 1.807) is 6.20 Å². The van der Waals surface area contributed by atoms with E-state index in [4.69, 9.17) is 11.6 Å². The Morgan fingerprint density at radius 2 is 2.29 bits per heavy atom. The number of nitrogens with one attached hydrogen (secondary N) is 1. The van der Waals surface area contributed by atoms with Gasteiger partial charge in [0.05, 0.1) is 5.88 Å². The van der Waals surface area contributed by atoms with Gasteiger partial charge < -0.3 is 0 Å². The molecule has 2 heterocycles. The average Bonchev–Trinajstić information content (AvgIpc) is 2.67. The van der Waals surface area contributed by atoms with E-state index in [0.29, 0.717) is 18.1 Å². The van der Waals surface area contributed by atoms with Crippen LogP contribution in [0.5, 0.6) is 0 Å². The SMILES string of the molecule is ClCc1n[nH]c(Cc2ccccn2)n1. The van der Waals surface area contributed by atoms with Crippen molar-refractivity contribution in [2.24, 2.45) is 0 Å². The van der Waals surface area contributed by atoms with E-state index in [0.717, 1.165) is 11.5 Å². The summed E-state index contributed by atoms with van der Waals surface area (Å²) >= 11 is 5.58. The quantitative estimate of drug-likeness (QED) is 0.779. The first-order valence-electron chi connectivity index (χ1n) is 4.24. The summed E-state index contributed by atoms with van der Waals surface area (Å²) in [5.74, 6) is 1.75. The molecule has 0 bridgehead atoms. The molecule has 4 nitrogen and oxygen atoms in total. The lowest BCUT2D eigenvalue weighted by Gasteiger charge is -1.94. The molecular weight excluding hydrogens is 200 g/mol. The molecule has 0 saturated carbocycles. The summed E-state index contributed by atoms with van der Waals surface area (Å²) in [4.78, 5) is 8.37. The molecule has 1 N–H and O–H groups in total. The molecular formula is C9H9ClN4. The molecule has 2 aromatic heterocycles. The van der Waals surface area contributed by atoms with Gasteiger partial charge in [-0.15, -0.1) is 11.6 Å². The van der Waals surface area contributed by atoms with Crippen LogP contribution in [0.3, 0.4) is 0 Å². The molecule has 0 spiro atoms. The van der Waals surface area contributed by atoms with Gasteiger partial charge in [0.15, 0.2) is 5.82 Å². The van der Waals surface area contributed by atoms with Crippen LogP contribution in [0.1, 0.15) is 17.3 Å². The summed E-state index contributed by atoms with van der Waals surface area (Å²) in [7, 11) is 0. The highest BCUT2D eigenvalue weighted by molar-refractivity contribution is 6.16. The highest BCUT2D eigenvalue weighted by Crippen LogP contribution is 2.02. The van der Waals surface area contributed by atoms with Crippen molar-refractivity contribution in [3.05, 3.63) is 41.7 Å². The normalized spacial score (nSPS) is 10.4. The molecule has 0 radical (unpaired) electrons. The van der Waals surface area contributed by atoms with Gasteiger partial charge in [-0.25, -0.2) is 4.98 Å². The Hall–Kier alpha value is -1.42. The Morgan fingerprint density at radius 3 is 2.93 bits per heavy atom. The van der Waals surface area contributed by atoms with E-state index in [9.17, 15) is 0 Å². The number of alkyl halides is 1. The van der Waals surface area contributed by atoms with Gasteiger partial charge in [-0.05, 0) is 12.1 Å². The second-order valence-corrected chi connectivity index (χ2v) is 3.10. The van der Waals surface area contributed by atoms with Crippen molar-refractivity contribution in [3.8, 4) is 0 Å².